The fraction of sp³-hybridized carbons (Fsp3) is 0.375. The number of benzene rings is 1. The molecular weight excluding hydrogens is 248 g/mol. The van der Waals surface area contributed by atoms with Crippen molar-refractivity contribution >= 4 is 11.8 Å². The number of hydrogen-bond acceptors (Lipinski definition) is 4. The summed E-state index contributed by atoms with van der Waals surface area (Å²) >= 11 is 0. The quantitative estimate of drug-likeness (QED) is 0.846. The molecule has 0 atom stereocenters. The number of anilines is 2. The maximum Gasteiger partial charge on any atom is 0.224 e. The van der Waals surface area contributed by atoms with Crippen LogP contribution in [0, 0.1) is 13.8 Å². The molecule has 0 fully saturated rings. The molecule has 0 bridgehead atoms. The first kappa shape index (κ1) is 14.3. The highest BCUT2D eigenvalue weighted by Crippen LogP contribution is 2.10. The van der Waals surface area contributed by atoms with Crippen LogP contribution in [0.2, 0.25) is 0 Å². The molecule has 0 saturated heterocycles. The highest BCUT2D eigenvalue weighted by atomic mass is 15.1. The Morgan fingerprint density at radius 2 is 1.90 bits per heavy atom. The topological polar surface area (TPSA) is 49.8 Å². The van der Waals surface area contributed by atoms with E-state index in [1.165, 1.54) is 11.1 Å². The van der Waals surface area contributed by atoms with E-state index in [0.29, 0.717) is 5.95 Å². The molecule has 1 aromatic carbocycles. The van der Waals surface area contributed by atoms with Gasteiger partial charge in [0.15, 0.2) is 0 Å². The molecular formula is C16H22N4. The van der Waals surface area contributed by atoms with Crippen molar-refractivity contribution in [3.63, 3.8) is 0 Å². The van der Waals surface area contributed by atoms with E-state index in [1.807, 2.05) is 19.9 Å². The standard InChI is InChI=1S/C16H22N4/c1-4-17-16-19-13(3)11-15(20-16)18-9-8-14-7-5-6-12(2)10-14/h5-7,10-11H,4,8-9H2,1-3H3,(H2,17,18,19,20). The number of aryl methyl sites for hydroxylation is 2. The summed E-state index contributed by atoms with van der Waals surface area (Å²) in [6.45, 7) is 7.83. The van der Waals surface area contributed by atoms with Crippen molar-refractivity contribution in [1.82, 2.24) is 9.97 Å². The Bertz CT molecular complexity index is 566. The Labute approximate surface area is 120 Å². The summed E-state index contributed by atoms with van der Waals surface area (Å²) in [4.78, 5) is 8.78. The van der Waals surface area contributed by atoms with Gasteiger partial charge in [0.2, 0.25) is 5.95 Å². The fourth-order valence-electron chi connectivity index (χ4n) is 2.10. The van der Waals surface area contributed by atoms with Gasteiger partial charge in [0, 0.05) is 24.8 Å². The number of nitrogens with zero attached hydrogens (tertiary/aromatic N) is 2. The van der Waals surface area contributed by atoms with Crippen LogP contribution in [0.5, 0.6) is 0 Å². The van der Waals surface area contributed by atoms with Gasteiger partial charge >= 0.3 is 0 Å². The third kappa shape index (κ3) is 4.23. The van der Waals surface area contributed by atoms with Gasteiger partial charge in [-0.2, -0.15) is 4.98 Å². The Balaban J connectivity index is 1.93. The highest BCUT2D eigenvalue weighted by Gasteiger charge is 2.01. The average Bonchev–Trinajstić information content (AvgIpc) is 2.38. The van der Waals surface area contributed by atoms with Gasteiger partial charge in [0.1, 0.15) is 5.82 Å². The van der Waals surface area contributed by atoms with Gasteiger partial charge < -0.3 is 10.6 Å². The lowest BCUT2D eigenvalue weighted by molar-refractivity contribution is 0.985. The number of aromatic nitrogens is 2. The van der Waals surface area contributed by atoms with Gasteiger partial charge in [-0.1, -0.05) is 29.8 Å². The third-order valence-corrected chi connectivity index (χ3v) is 2.99. The minimum absolute atomic E-state index is 0.686. The Kier molecular flexibility index (Phi) is 4.93. The van der Waals surface area contributed by atoms with Crippen molar-refractivity contribution in [1.29, 1.82) is 0 Å². The molecule has 1 aromatic heterocycles. The molecule has 0 aliphatic heterocycles. The molecule has 106 valence electrons. The zero-order valence-electron chi connectivity index (χ0n) is 12.4. The predicted octanol–water partition coefficient (Wildman–Crippen LogP) is 3.18. The zero-order valence-corrected chi connectivity index (χ0v) is 12.4. The van der Waals surface area contributed by atoms with E-state index in [9.17, 15) is 0 Å². The summed E-state index contributed by atoms with van der Waals surface area (Å²) in [5.74, 6) is 1.56. The summed E-state index contributed by atoms with van der Waals surface area (Å²) in [7, 11) is 0. The second-order valence-corrected chi connectivity index (χ2v) is 4.91. The predicted molar refractivity (Wildman–Crippen MR) is 84.3 cm³/mol. The molecule has 0 radical (unpaired) electrons. The largest absolute Gasteiger partial charge is 0.370 e. The maximum atomic E-state index is 4.44. The molecule has 2 N–H and O–H groups in total. The van der Waals surface area contributed by atoms with Crippen molar-refractivity contribution in [2.75, 3.05) is 23.7 Å². The summed E-state index contributed by atoms with van der Waals surface area (Å²) in [5, 5.41) is 6.50. The molecule has 0 unspecified atom stereocenters. The van der Waals surface area contributed by atoms with Crippen LogP contribution in [0.15, 0.2) is 30.3 Å². The SMILES string of the molecule is CCNc1nc(C)cc(NCCc2cccc(C)c2)n1. The molecule has 4 nitrogen and oxygen atoms in total. The van der Waals surface area contributed by atoms with E-state index >= 15 is 0 Å². The summed E-state index contributed by atoms with van der Waals surface area (Å²) in [6.07, 6.45) is 0.987. The molecule has 0 spiro atoms. The molecule has 2 rings (SSSR count). The second-order valence-electron chi connectivity index (χ2n) is 4.91. The van der Waals surface area contributed by atoms with E-state index < -0.39 is 0 Å². The first-order valence-corrected chi connectivity index (χ1v) is 7.06. The van der Waals surface area contributed by atoms with Crippen molar-refractivity contribution < 1.29 is 0 Å². The van der Waals surface area contributed by atoms with Crippen LogP contribution in [-0.4, -0.2) is 23.1 Å². The smallest absolute Gasteiger partial charge is 0.224 e. The molecule has 4 heteroatoms. The monoisotopic (exact) mass is 270 g/mol. The Hall–Kier alpha value is -2.10. The van der Waals surface area contributed by atoms with Crippen LogP contribution in [0.1, 0.15) is 23.7 Å². The van der Waals surface area contributed by atoms with E-state index in [1.54, 1.807) is 0 Å². The molecule has 2 aromatic rings. The minimum Gasteiger partial charge on any atom is -0.370 e. The van der Waals surface area contributed by atoms with E-state index in [2.05, 4.69) is 51.8 Å². The number of nitrogens with one attached hydrogen (secondary N) is 2. The van der Waals surface area contributed by atoms with E-state index in [4.69, 9.17) is 0 Å². The molecule has 0 aliphatic rings. The number of hydrogen-bond donors (Lipinski definition) is 2. The van der Waals surface area contributed by atoms with Crippen molar-refractivity contribution in [2.45, 2.75) is 27.2 Å². The van der Waals surface area contributed by atoms with E-state index in [-0.39, 0.29) is 0 Å². The van der Waals surface area contributed by atoms with Crippen LogP contribution in [-0.2, 0) is 6.42 Å². The lowest BCUT2D eigenvalue weighted by atomic mass is 10.1. The van der Waals surface area contributed by atoms with Crippen LogP contribution in [0.4, 0.5) is 11.8 Å². The molecule has 20 heavy (non-hydrogen) atoms. The number of rotatable bonds is 6. The van der Waals surface area contributed by atoms with Crippen LogP contribution < -0.4 is 10.6 Å². The van der Waals surface area contributed by atoms with Gasteiger partial charge in [-0.25, -0.2) is 4.98 Å². The Morgan fingerprint density at radius 1 is 1.05 bits per heavy atom. The van der Waals surface area contributed by atoms with Crippen LogP contribution >= 0.6 is 0 Å². The van der Waals surface area contributed by atoms with Gasteiger partial charge in [-0.15, -0.1) is 0 Å². The first-order chi connectivity index (χ1) is 9.67. The Morgan fingerprint density at radius 3 is 2.65 bits per heavy atom. The second kappa shape index (κ2) is 6.89. The molecule has 1 heterocycles. The van der Waals surface area contributed by atoms with E-state index in [0.717, 1.165) is 31.0 Å². The summed E-state index contributed by atoms with van der Waals surface area (Å²) in [5.41, 5.74) is 3.61. The van der Waals surface area contributed by atoms with Gasteiger partial charge in [-0.3, -0.25) is 0 Å². The lowest BCUT2D eigenvalue weighted by Crippen LogP contribution is -2.10. The summed E-state index contributed by atoms with van der Waals surface area (Å²) in [6, 6.07) is 10.6. The molecule has 0 amide bonds. The maximum absolute atomic E-state index is 4.44. The van der Waals surface area contributed by atoms with Gasteiger partial charge in [-0.05, 0) is 32.8 Å². The highest BCUT2D eigenvalue weighted by molar-refractivity contribution is 5.42. The van der Waals surface area contributed by atoms with Crippen molar-refractivity contribution in [3.05, 3.63) is 47.2 Å². The van der Waals surface area contributed by atoms with Gasteiger partial charge in [0.25, 0.3) is 0 Å². The zero-order chi connectivity index (χ0) is 14.4. The normalized spacial score (nSPS) is 10.3. The average molecular weight is 270 g/mol. The van der Waals surface area contributed by atoms with Gasteiger partial charge in [0.05, 0.1) is 0 Å². The lowest BCUT2D eigenvalue weighted by Gasteiger charge is -2.09. The molecule has 0 aliphatic carbocycles. The van der Waals surface area contributed by atoms with Crippen molar-refractivity contribution in [3.8, 4) is 0 Å². The third-order valence-electron chi connectivity index (χ3n) is 2.99. The molecule has 0 saturated carbocycles. The van der Waals surface area contributed by atoms with Crippen LogP contribution in [0.25, 0.3) is 0 Å². The van der Waals surface area contributed by atoms with Crippen molar-refractivity contribution in [2.24, 2.45) is 0 Å². The first-order valence-electron chi connectivity index (χ1n) is 7.06. The fourth-order valence-corrected chi connectivity index (χ4v) is 2.10. The minimum atomic E-state index is 0.686. The van der Waals surface area contributed by atoms with Crippen LogP contribution in [0.3, 0.4) is 0 Å². The summed E-state index contributed by atoms with van der Waals surface area (Å²) < 4.78 is 0.